The van der Waals surface area contributed by atoms with Crippen molar-refractivity contribution in [3.05, 3.63) is 69.7 Å². The number of hydrazine groups is 1. The molecule has 124 valence electrons. The van der Waals surface area contributed by atoms with Crippen molar-refractivity contribution in [2.75, 3.05) is 6.61 Å². The number of halogens is 2. The molecule has 0 radical (unpaired) electrons. The molecule has 0 fully saturated rings. The highest BCUT2D eigenvalue weighted by atomic mass is 79.9. The molecule has 0 saturated carbocycles. The predicted octanol–water partition coefficient (Wildman–Crippen LogP) is 3.34. The number of rotatable bonds is 5. The zero-order chi connectivity index (χ0) is 17.4. The zero-order valence-electron chi connectivity index (χ0n) is 12.5. The van der Waals surface area contributed by atoms with Gasteiger partial charge in [-0.15, -0.1) is 0 Å². The standard InChI is InChI=1S/C17H14BrClN2O3/c18-13-6-8-14(9-7-13)24-11-17(23)21-20-16(22)10-5-12-3-1-2-4-15(12)19/h1-10H,11H2,(H,20,22)(H,21,23)/b10-5+. The smallest absolute Gasteiger partial charge is 0.276 e. The Hall–Kier alpha value is -2.31. The minimum atomic E-state index is -0.480. The molecule has 5 nitrogen and oxygen atoms in total. The van der Waals surface area contributed by atoms with Gasteiger partial charge in [0.15, 0.2) is 6.61 Å². The van der Waals surface area contributed by atoms with Crippen molar-refractivity contribution in [3.63, 3.8) is 0 Å². The van der Waals surface area contributed by atoms with E-state index in [1.807, 2.05) is 6.07 Å². The van der Waals surface area contributed by atoms with Crippen molar-refractivity contribution in [1.82, 2.24) is 10.9 Å². The first kappa shape index (κ1) is 18.0. The highest BCUT2D eigenvalue weighted by molar-refractivity contribution is 9.10. The van der Waals surface area contributed by atoms with Crippen LogP contribution in [-0.4, -0.2) is 18.4 Å². The summed E-state index contributed by atoms with van der Waals surface area (Å²) >= 11 is 9.28. The molecule has 0 aromatic heterocycles. The quantitative estimate of drug-likeness (QED) is 0.588. The number of benzene rings is 2. The molecule has 24 heavy (non-hydrogen) atoms. The van der Waals surface area contributed by atoms with Gasteiger partial charge in [0.2, 0.25) is 0 Å². The Morgan fingerprint density at radius 2 is 1.79 bits per heavy atom. The summed E-state index contributed by atoms with van der Waals surface area (Å²) in [5.41, 5.74) is 5.23. The molecule has 0 saturated heterocycles. The van der Waals surface area contributed by atoms with Crippen LogP contribution in [0.4, 0.5) is 0 Å². The van der Waals surface area contributed by atoms with Gasteiger partial charge in [-0.25, -0.2) is 0 Å². The van der Waals surface area contributed by atoms with Gasteiger partial charge in [-0.2, -0.15) is 0 Å². The lowest BCUT2D eigenvalue weighted by Gasteiger charge is -2.07. The van der Waals surface area contributed by atoms with Gasteiger partial charge in [0.05, 0.1) is 0 Å². The van der Waals surface area contributed by atoms with Crippen molar-refractivity contribution >= 4 is 45.4 Å². The van der Waals surface area contributed by atoms with E-state index in [-0.39, 0.29) is 6.61 Å². The summed E-state index contributed by atoms with van der Waals surface area (Å²) in [7, 11) is 0. The summed E-state index contributed by atoms with van der Waals surface area (Å²) in [5.74, 6) is -0.400. The highest BCUT2D eigenvalue weighted by Gasteiger charge is 2.04. The van der Waals surface area contributed by atoms with Crippen LogP contribution < -0.4 is 15.6 Å². The first-order valence-electron chi connectivity index (χ1n) is 6.94. The average Bonchev–Trinajstić information content (AvgIpc) is 2.58. The molecule has 2 N–H and O–H groups in total. The van der Waals surface area contributed by atoms with Crippen LogP contribution in [0.1, 0.15) is 5.56 Å². The molecular weight excluding hydrogens is 396 g/mol. The van der Waals surface area contributed by atoms with Gasteiger partial charge in [0.25, 0.3) is 11.8 Å². The third kappa shape index (κ3) is 6.06. The van der Waals surface area contributed by atoms with E-state index in [1.54, 1.807) is 48.5 Å². The SMILES string of the molecule is O=C(/C=C/c1ccccc1Cl)NNC(=O)COc1ccc(Br)cc1. The fourth-order valence-corrected chi connectivity index (χ4v) is 2.13. The zero-order valence-corrected chi connectivity index (χ0v) is 14.8. The van der Waals surface area contributed by atoms with Crippen LogP contribution in [0.15, 0.2) is 59.1 Å². The Morgan fingerprint density at radius 3 is 2.50 bits per heavy atom. The van der Waals surface area contributed by atoms with Crippen LogP contribution in [0.5, 0.6) is 5.75 Å². The fraction of sp³-hybridized carbons (Fsp3) is 0.0588. The summed E-state index contributed by atoms with van der Waals surface area (Å²) in [5, 5.41) is 0.536. The molecule has 2 aromatic carbocycles. The van der Waals surface area contributed by atoms with Gasteiger partial charge in [-0.3, -0.25) is 20.4 Å². The minimum absolute atomic E-state index is 0.212. The Bertz CT molecular complexity index is 748. The van der Waals surface area contributed by atoms with Crippen LogP contribution in [0.2, 0.25) is 5.02 Å². The second-order valence-corrected chi connectivity index (χ2v) is 5.96. The summed E-state index contributed by atoms with van der Waals surface area (Å²) in [6, 6.07) is 14.2. The van der Waals surface area contributed by atoms with Gasteiger partial charge < -0.3 is 4.74 Å². The molecule has 0 heterocycles. The summed E-state index contributed by atoms with van der Waals surface area (Å²) in [6.07, 6.45) is 2.83. The monoisotopic (exact) mass is 408 g/mol. The van der Waals surface area contributed by atoms with E-state index in [4.69, 9.17) is 16.3 Å². The number of hydrogen-bond donors (Lipinski definition) is 2. The minimum Gasteiger partial charge on any atom is -0.484 e. The van der Waals surface area contributed by atoms with E-state index in [0.717, 1.165) is 4.47 Å². The number of ether oxygens (including phenoxy) is 1. The number of carbonyl (C=O) groups excluding carboxylic acids is 2. The summed E-state index contributed by atoms with van der Waals surface area (Å²) in [6.45, 7) is -0.212. The average molecular weight is 410 g/mol. The molecular formula is C17H14BrClN2O3. The molecule has 0 aliphatic carbocycles. The lowest BCUT2D eigenvalue weighted by Crippen LogP contribution is -2.43. The van der Waals surface area contributed by atoms with Crippen molar-refractivity contribution in [1.29, 1.82) is 0 Å². The molecule has 7 heteroatoms. The van der Waals surface area contributed by atoms with E-state index >= 15 is 0 Å². The Morgan fingerprint density at radius 1 is 1.08 bits per heavy atom. The molecule has 0 aliphatic rings. The molecule has 0 bridgehead atoms. The maximum absolute atomic E-state index is 11.6. The fourth-order valence-electron chi connectivity index (χ4n) is 1.66. The van der Waals surface area contributed by atoms with Crippen LogP contribution in [0.25, 0.3) is 6.08 Å². The second kappa shape index (κ2) is 9.10. The van der Waals surface area contributed by atoms with E-state index in [9.17, 15) is 9.59 Å². The summed E-state index contributed by atoms with van der Waals surface area (Å²) < 4.78 is 6.19. The van der Waals surface area contributed by atoms with Gasteiger partial charge in [-0.05, 0) is 42.0 Å². The van der Waals surface area contributed by atoms with Crippen molar-refractivity contribution < 1.29 is 14.3 Å². The van der Waals surface area contributed by atoms with Crippen LogP contribution in [0.3, 0.4) is 0 Å². The van der Waals surface area contributed by atoms with Crippen LogP contribution in [-0.2, 0) is 9.59 Å². The number of hydrogen-bond acceptors (Lipinski definition) is 3. The summed E-state index contributed by atoms with van der Waals surface area (Å²) in [4.78, 5) is 23.3. The van der Waals surface area contributed by atoms with Gasteiger partial charge in [-0.1, -0.05) is 45.7 Å². The van der Waals surface area contributed by atoms with Crippen LogP contribution in [0, 0.1) is 0 Å². The number of amides is 2. The van der Waals surface area contributed by atoms with Crippen molar-refractivity contribution in [2.45, 2.75) is 0 Å². The maximum atomic E-state index is 11.6. The van der Waals surface area contributed by atoms with E-state index in [0.29, 0.717) is 16.3 Å². The highest BCUT2D eigenvalue weighted by Crippen LogP contribution is 2.16. The first-order valence-corrected chi connectivity index (χ1v) is 8.11. The Kier molecular flexibility index (Phi) is 6.84. The molecule has 0 spiro atoms. The first-order chi connectivity index (χ1) is 11.5. The molecule has 0 unspecified atom stereocenters. The lowest BCUT2D eigenvalue weighted by atomic mass is 10.2. The van der Waals surface area contributed by atoms with E-state index < -0.39 is 11.8 Å². The second-order valence-electron chi connectivity index (χ2n) is 4.63. The normalized spacial score (nSPS) is 10.4. The largest absolute Gasteiger partial charge is 0.484 e. The van der Waals surface area contributed by atoms with E-state index in [2.05, 4.69) is 26.8 Å². The number of nitrogens with one attached hydrogen (secondary N) is 2. The van der Waals surface area contributed by atoms with Gasteiger partial charge in [0, 0.05) is 15.6 Å². The maximum Gasteiger partial charge on any atom is 0.276 e. The Labute approximate surface area is 152 Å². The third-order valence-corrected chi connectivity index (χ3v) is 3.70. The van der Waals surface area contributed by atoms with Crippen molar-refractivity contribution in [2.24, 2.45) is 0 Å². The lowest BCUT2D eigenvalue weighted by molar-refractivity contribution is -0.128. The molecule has 0 aliphatic heterocycles. The predicted molar refractivity (Wildman–Crippen MR) is 96.4 cm³/mol. The van der Waals surface area contributed by atoms with Crippen LogP contribution >= 0.6 is 27.5 Å². The molecule has 0 atom stereocenters. The van der Waals surface area contributed by atoms with Crippen molar-refractivity contribution in [3.8, 4) is 5.75 Å². The van der Waals surface area contributed by atoms with Gasteiger partial charge >= 0.3 is 0 Å². The topological polar surface area (TPSA) is 67.4 Å². The number of carbonyl (C=O) groups is 2. The third-order valence-electron chi connectivity index (χ3n) is 2.83. The molecule has 2 rings (SSSR count). The molecule has 2 aromatic rings. The van der Waals surface area contributed by atoms with E-state index in [1.165, 1.54) is 6.08 Å². The molecule has 2 amide bonds. The van der Waals surface area contributed by atoms with Gasteiger partial charge in [0.1, 0.15) is 5.75 Å². The Balaban J connectivity index is 1.74.